The lowest BCUT2D eigenvalue weighted by molar-refractivity contribution is 0.275. The SMILES string of the molecule is C=CCn1c(COc2ccccc2F)nnc1SCc1csc(Cc2ccccc2)n1. The highest BCUT2D eigenvalue weighted by atomic mass is 32.2. The lowest BCUT2D eigenvalue weighted by Crippen LogP contribution is -2.08. The van der Waals surface area contributed by atoms with E-state index in [1.165, 1.54) is 11.6 Å². The number of thiazole rings is 1. The molecule has 2 aromatic heterocycles. The second kappa shape index (κ2) is 10.4. The largest absolute Gasteiger partial charge is 0.483 e. The Bertz CT molecular complexity index is 1140. The molecule has 0 atom stereocenters. The predicted molar refractivity (Wildman–Crippen MR) is 122 cm³/mol. The summed E-state index contributed by atoms with van der Waals surface area (Å²) in [5.41, 5.74) is 2.26. The molecule has 158 valence electrons. The normalized spacial score (nSPS) is 10.9. The molecule has 0 fully saturated rings. The monoisotopic (exact) mass is 452 g/mol. The first-order valence-corrected chi connectivity index (χ1v) is 11.6. The molecular weight excluding hydrogens is 431 g/mol. The van der Waals surface area contributed by atoms with E-state index in [1.807, 2.05) is 22.8 Å². The summed E-state index contributed by atoms with van der Waals surface area (Å²) in [6, 6.07) is 16.6. The Hall–Kier alpha value is -2.97. The average molecular weight is 453 g/mol. The summed E-state index contributed by atoms with van der Waals surface area (Å²) in [5, 5.41) is 12.5. The van der Waals surface area contributed by atoms with E-state index in [0.717, 1.165) is 22.3 Å². The maximum absolute atomic E-state index is 13.8. The highest BCUT2D eigenvalue weighted by Crippen LogP contribution is 2.25. The zero-order valence-electron chi connectivity index (χ0n) is 16.8. The number of rotatable bonds is 10. The van der Waals surface area contributed by atoms with E-state index in [4.69, 9.17) is 9.72 Å². The number of nitrogens with zero attached hydrogens (tertiary/aromatic N) is 4. The number of hydrogen-bond donors (Lipinski definition) is 0. The van der Waals surface area contributed by atoms with Gasteiger partial charge < -0.3 is 4.74 Å². The average Bonchev–Trinajstić information content (AvgIpc) is 3.39. The third-order valence-corrected chi connectivity index (χ3v) is 6.34. The Morgan fingerprint density at radius 2 is 1.90 bits per heavy atom. The van der Waals surface area contributed by atoms with E-state index in [1.54, 1.807) is 47.4 Å². The summed E-state index contributed by atoms with van der Waals surface area (Å²) >= 11 is 3.23. The Morgan fingerprint density at radius 3 is 2.71 bits per heavy atom. The number of thioether (sulfide) groups is 1. The predicted octanol–water partition coefficient (Wildman–Crippen LogP) is 5.52. The molecule has 0 N–H and O–H groups in total. The van der Waals surface area contributed by atoms with Crippen molar-refractivity contribution >= 4 is 23.1 Å². The van der Waals surface area contributed by atoms with Crippen LogP contribution in [0.25, 0.3) is 0 Å². The van der Waals surface area contributed by atoms with Gasteiger partial charge in [-0.15, -0.1) is 28.1 Å². The van der Waals surface area contributed by atoms with Gasteiger partial charge in [-0.2, -0.15) is 0 Å². The fraction of sp³-hybridized carbons (Fsp3) is 0.174. The Morgan fingerprint density at radius 1 is 1.10 bits per heavy atom. The van der Waals surface area contributed by atoms with Gasteiger partial charge in [-0.1, -0.05) is 60.3 Å². The minimum absolute atomic E-state index is 0.125. The van der Waals surface area contributed by atoms with Crippen molar-refractivity contribution in [2.45, 2.75) is 30.5 Å². The molecule has 31 heavy (non-hydrogen) atoms. The van der Waals surface area contributed by atoms with Crippen molar-refractivity contribution in [3.63, 3.8) is 0 Å². The molecule has 0 aliphatic rings. The third-order valence-electron chi connectivity index (χ3n) is 4.45. The van der Waals surface area contributed by atoms with Gasteiger partial charge in [-0.25, -0.2) is 9.37 Å². The van der Waals surface area contributed by atoms with Gasteiger partial charge in [0, 0.05) is 24.1 Å². The van der Waals surface area contributed by atoms with Crippen molar-refractivity contribution < 1.29 is 9.13 Å². The van der Waals surface area contributed by atoms with Crippen LogP contribution < -0.4 is 4.74 Å². The number of hydrogen-bond acceptors (Lipinski definition) is 6. The van der Waals surface area contributed by atoms with Crippen molar-refractivity contribution in [2.24, 2.45) is 0 Å². The second-order valence-electron chi connectivity index (χ2n) is 6.70. The second-order valence-corrected chi connectivity index (χ2v) is 8.59. The number of benzene rings is 2. The lowest BCUT2D eigenvalue weighted by atomic mass is 10.2. The van der Waals surface area contributed by atoms with Crippen molar-refractivity contribution in [1.82, 2.24) is 19.7 Å². The summed E-state index contributed by atoms with van der Waals surface area (Å²) in [7, 11) is 0. The first-order chi connectivity index (χ1) is 15.2. The highest BCUT2D eigenvalue weighted by molar-refractivity contribution is 7.98. The van der Waals surface area contributed by atoms with E-state index < -0.39 is 5.82 Å². The molecule has 0 spiro atoms. The third kappa shape index (κ3) is 5.59. The van der Waals surface area contributed by atoms with Gasteiger partial charge in [0.15, 0.2) is 22.5 Å². The smallest absolute Gasteiger partial charge is 0.191 e. The van der Waals surface area contributed by atoms with Crippen LogP contribution in [0.1, 0.15) is 22.1 Å². The van der Waals surface area contributed by atoms with Gasteiger partial charge >= 0.3 is 0 Å². The number of ether oxygens (including phenoxy) is 1. The van der Waals surface area contributed by atoms with Crippen LogP contribution in [-0.2, 0) is 25.3 Å². The molecule has 0 radical (unpaired) electrons. The zero-order valence-corrected chi connectivity index (χ0v) is 18.4. The molecule has 0 amide bonds. The van der Waals surface area contributed by atoms with E-state index in [9.17, 15) is 4.39 Å². The van der Waals surface area contributed by atoms with Crippen LogP contribution in [0.2, 0.25) is 0 Å². The van der Waals surface area contributed by atoms with Gasteiger partial charge in [0.1, 0.15) is 6.61 Å². The molecule has 2 aromatic carbocycles. The maximum atomic E-state index is 13.8. The van der Waals surface area contributed by atoms with E-state index in [2.05, 4.69) is 34.3 Å². The molecular formula is C23H21FN4OS2. The van der Waals surface area contributed by atoms with E-state index >= 15 is 0 Å². The molecule has 4 aromatic rings. The molecule has 4 rings (SSSR count). The molecule has 0 bridgehead atoms. The van der Waals surface area contributed by atoms with Crippen molar-refractivity contribution in [2.75, 3.05) is 0 Å². The summed E-state index contributed by atoms with van der Waals surface area (Å²) < 4.78 is 21.3. The first kappa shape index (κ1) is 21.3. The van der Waals surface area contributed by atoms with Crippen LogP contribution in [-0.4, -0.2) is 19.7 Å². The number of allylic oxidation sites excluding steroid dienone is 1. The number of para-hydroxylation sites is 1. The Kier molecular flexibility index (Phi) is 7.11. The van der Waals surface area contributed by atoms with E-state index in [0.29, 0.717) is 18.1 Å². The quantitative estimate of drug-likeness (QED) is 0.234. The maximum Gasteiger partial charge on any atom is 0.191 e. The molecule has 0 aliphatic carbocycles. The van der Waals surface area contributed by atoms with Crippen molar-refractivity contribution in [3.8, 4) is 5.75 Å². The molecule has 8 heteroatoms. The molecule has 0 saturated carbocycles. The molecule has 0 unspecified atom stereocenters. The van der Waals surface area contributed by atoms with Crippen LogP contribution in [0.5, 0.6) is 5.75 Å². The van der Waals surface area contributed by atoms with Crippen LogP contribution >= 0.6 is 23.1 Å². The van der Waals surface area contributed by atoms with Gasteiger partial charge in [-0.3, -0.25) is 4.57 Å². The number of aromatic nitrogens is 4. The zero-order chi connectivity index (χ0) is 21.5. The molecule has 0 aliphatic heterocycles. The highest BCUT2D eigenvalue weighted by Gasteiger charge is 2.14. The summed E-state index contributed by atoms with van der Waals surface area (Å²) in [4.78, 5) is 4.74. The summed E-state index contributed by atoms with van der Waals surface area (Å²) in [5.74, 6) is 1.10. The van der Waals surface area contributed by atoms with Gasteiger partial charge in [0.2, 0.25) is 0 Å². The van der Waals surface area contributed by atoms with Crippen molar-refractivity contribution in [3.05, 3.63) is 101 Å². The van der Waals surface area contributed by atoms with Crippen LogP contribution in [0.4, 0.5) is 4.39 Å². The summed E-state index contributed by atoms with van der Waals surface area (Å²) in [6.45, 7) is 4.48. The van der Waals surface area contributed by atoms with E-state index in [-0.39, 0.29) is 12.4 Å². The molecule has 2 heterocycles. The fourth-order valence-electron chi connectivity index (χ4n) is 2.95. The molecule has 0 saturated heterocycles. The standard InChI is InChI=1S/C23H21FN4OS2/c1-2-12-28-21(14-29-20-11-7-6-10-19(20)24)26-27-23(28)31-16-18-15-30-22(25-18)13-17-8-4-3-5-9-17/h2-11,15H,1,12-14,16H2. The van der Waals surface area contributed by atoms with Gasteiger partial charge in [0.25, 0.3) is 0 Å². The van der Waals surface area contributed by atoms with Gasteiger partial charge in [0.05, 0.1) is 10.7 Å². The lowest BCUT2D eigenvalue weighted by Gasteiger charge is -2.09. The minimum atomic E-state index is -0.401. The fourth-order valence-corrected chi connectivity index (χ4v) is 4.75. The van der Waals surface area contributed by atoms with Crippen LogP contribution in [0.3, 0.4) is 0 Å². The van der Waals surface area contributed by atoms with Crippen LogP contribution in [0, 0.1) is 5.82 Å². The minimum Gasteiger partial charge on any atom is -0.483 e. The van der Waals surface area contributed by atoms with Crippen LogP contribution in [0.15, 0.2) is 77.8 Å². The van der Waals surface area contributed by atoms with Crippen molar-refractivity contribution in [1.29, 1.82) is 0 Å². The van der Waals surface area contributed by atoms with Gasteiger partial charge in [-0.05, 0) is 17.7 Å². The Labute approximate surface area is 188 Å². The topological polar surface area (TPSA) is 52.8 Å². The molecule has 5 nitrogen and oxygen atoms in total. The summed E-state index contributed by atoms with van der Waals surface area (Å²) in [6.07, 6.45) is 2.61. The Balaban J connectivity index is 1.39. The number of halogens is 1. The first-order valence-electron chi connectivity index (χ1n) is 9.73.